The first-order valence-corrected chi connectivity index (χ1v) is 7.24. The average Bonchev–Trinajstić information content (AvgIpc) is 2.75. The van der Waals surface area contributed by atoms with Gasteiger partial charge in [0.25, 0.3) is 0 Å². The van der Waals surface area contributed by atoms with Crippen molar-refractivity contribution in [3.8, 4) is 0 Å². The number of H-pyrrole nitrogens is 1. The summed E-state index contributed by atoms with van der Waals surface area (Å²) in [5.74, 6) is -0.387. The van der Waals surface area contributed by atoms with Crippen LogP contribution in [0.4, 0.5) is 0 Å². The normalized spacial score (nSPS) is 16.0. The van der Waals surface area contributed by atoms with Gasteiger partial charge in [0.15, 0.2) is 5.78 Å². The minimum Gasteiger partial charge on any atom is -0.461 e. The van der Waals surface area contributed by atoms with Crippen molar-refractivity contribution in [3.63, 3.8) is 0 Å². The average molecular weight is 294 g/mol. The fourth-order valence-corrected chi connectivity index (χ4v) is 2.62. The van der Waals surface area contributed by atoms with Crippen LogP contribution in [0.5, 0.6) is 0 Å². The van der Waals surface area contributed by atoms with Gasteiger partial charge in [0.05, 0.1) is 26.4 Å². The summed E-state index contributed by atoms with van der Waals surface area (Å²) in [6, 6.07) is 0. The third kappa shape index (κ3) is 3.51. The van der Waals surface area contributed by atoms with Crippen molar-refractivity contribution >= 4 is 11.8 Å². The summed E-state index contributed by atoms with van der Waals surface area (Å²) >= 11 is 0. The summed E-state index contributed by atoms with van der Waals surface area (Å²) < 4.78 is 10.3. The second-order valence-electron chi connectivity index (χ2n) is 5.16. The molecule has 1 aliphatic heterocycles. The van der Waals surface area contributed by atoms with Crippen LogP contribution in [-0.2, 0) is 9.47 Å². The molecule has 0 bridgehead atoms. The van der Waals surface area contributed by atoms with Gasteiger partial charge in [0.1, 0.15) is 5.69 Å². The van der Waals surface area contributed by atoms with Crippen molar-refractivity contribution in [2.75, 3.05) is 39.5 Å². The maximum atomic E-state index is 12.5. The van der Waals surface area contributed by atoms with Crippen molar-refractivity contribution < 1.29 is 19.1 Å². The Bertz CT molecular complexity index is 530. The van der Waals surface area contributed by atoms with E-state index in [1.807, 2.05) is 6.92 Å². The molecule has 1 aliphatic rings. The maximum absolute atomic E-state index is 12.5. The van der Waals surface area contributed by atoms with Gasteiger partial charge in [-0.25, -0.2) is 4.79 Å². The van der Waals surface area contributed by atoms with Crippen LogP contribution in [0.15, 0.2) is 0 Å². The number of hydrogen-bond acceptors (Lipinski definition) is 5. The van der Waals surface area contributed by atoms with Crippen molar-refractivity contribution in [2.45, 2.75) is 20.8 Å². The third-order valence-corrected chi connectivity index (χ3v) is 3.67. The molecule has 0 saturated carbocycles. The lowest BCUT2D eigenvalue weighted by Gasteiger charge is -2.25. The van der Waals surface area contributed by atoms with Gasteiger partial charge in [-0.2, -0.15) is 0 Å². The Morgan fingerprint density at radius 1 is 1.29 bits per heavy atom. The molecule has 6 nitrogen and oxygen atoms in total. The molecule has 2 rings (SSSR count). The third-order valence-electron chi connectivity index (χ3n) is 3.67. The number of aryl methyl sites for hydroxylation is 1. The van der Waals surface area contributed by atoms with Crippen LogP contribution in [0.3, 0.4) is 0 Å². The van der Waals surface area contributed by atoms with Crippen LogP contribution >= 0.6 is 0 Å². The lowest BCUT2D eigenvalue weighted by atomic mass is 10.1. The molecule has 0 atom stereocenters. The molecule has 0 amide bonds. The van der Waals surface area contributed by atoms with Crippen LogP contribution in [0.1, 0.15) is 39.0 Å². The molecule has 1 saturated heterocycles. The Balaban J connectivity index is 2.15. The molecule has 1 fully saturated rings. The molecule has 0 spiro atoms. The van der Waals surface area contributed by atoms with Crippen molar-refractivity contribution in [2.24, 2.45) is 0 Å². The smallest absolute Gasteiger partial charge is 0.355 e. The highest BCUT2D eigenvalue weighted by Gasteiger charge is 2.24. The first kappa shape index (κ1) is 15.7. The number of ether oxygens (including phenoxy) is 2. The lowest BCUT2D eigenvalue weighted by molar-refractivity contribution is 0.0371. The summed E-state index contributed by atoms with van der Waals surface area (Å²) in [5, 5.41) is 0. The number of esters is 1. The number of ketones is 1. The number of morpholine rings is 1. The highest BCUT2D eigenvalue weighted by atomic mass is 16.5. The number of carbonyl (C=O) groups is 2. The zero-order valence-corrected chi connectivity index (χ0v) is 12.8. The van der Waals surface area contributed by atoms with E-state index in [1.54, 1.807) is 13.8 Å². The Kier molecular flexibility index (Phi) is 5.14. The minimum atomic E-state index is -0.413. The van der Waals surface area contributed by atoms with Gasteiger partial charge in [-0.15, -0.1) is 0 Å². The van der Waals surface area contributed by atoms with Crippen molar-refractivity contribution in [3.05, 3.63) is 22.5 Å². The van der Waals surface area contributed by atoms with E-state index in [1.165, 1.54) is 0 Å². The van der Waals surface area contributed by atoms with Gasteiger partial charge in [0.2, 0.25) is 0 Å². The minimum absolute atomic E-state index is 0.0266. The van der Waals surface area contributed by atoms with Crippen LogP contribution in [0.2, 0.25) is 0 Å². The summed E-state index contributed by atoms with van der Waals surface area (Å²) in [5.41, 5.74) is 2.36. The number of rotatable bonds is 5. The first-order chi connectivity index (χ1) is 10.0. The highest BCUT2D eigenvalue weighted by molar-refractivity contribution is 6.03. The van der Waals surface area contributed by atoms with E-state index in [-0.39, 0.29) is 5.78 Å². The van der Waals surface area contributed by atoms with Crippen molar-refractivity contribution in [1.82, 2.24) is 9.88 Å². The molecule has 1 N–H and O–H groups in total. The Morgan fingerprint density at radius 2 is 1.95 bits per heavy atom. The second-order valence-corrected chi connectivity index (χ2v) is 5.16. The molecular weight excluding hydrogens is 272 g/mol. The maximum Gasteiger partial charge on any atom is 0.355 e. The van der Waals surface area contributed by atoms with Gasteiger partial charge >= 0.3 is 5.97 Å². The monoisotopic (exact) mass is 294 g/mol. The summed E-state index contributed by atoms with van der Waals surface area (Å²) in [7, 11) is 0. The molecule has 0 radical (unpaired) electrons. The number of nitrogens with zero attached hydrogens (tertiary/aromatic N) is 1. The number of aromatic nitrogens is 1. The van der Waals surface area contributed by atoms with Crippen LogP contribution in [0.25, 0.3) is 0 Å². The fourth-order valence-electron chi connectivity index (χ4n) is 2.62. The highest BCUT2D eigenvalue weighted by Crippen LogP contribution is 2.20. The van der Waals surface area contributed by atoms with E-state index in [9.17, 15) is 9.59 Å². The number of Topliss-reactive ketones (excluding diaryl/α,β-unsaturated/α-hetero) is 1. The number of nitrogens with one attached hydrogen (secondary N) is 1. The van der Waals surface area contributed by atoms with E-state index in [0.29, 0.717) is 48.9 Å². The molecular formula is C15H22N2O4. The van der Waals surface area contributed by atoms with Gasteiger partial charge in [-0.3, -0.25) is 9.69 Å². The summed E-state index contributed by atoms with van der Waals surface area (Å²) in [6.07, 6.45) is 0. The molecule has 6 heteroatoms. The van der Waals surface area contributed by atoms with Gasteiger partial charge in [0, 0.05) is 24.3 Å². The van der Waals surface area contributed by atoms with Crippen molar-refractivity contribution in [1.29, 1.82) is 0 Å². The number of carbonyl (C=O) groups excluding carboxylic acids is 2. The number of aromatic amines is 1. The topological polar surface area (TPSA) is 71.6 Å². The van der Waals surface area contributed by atoms with E-state index in [4.69, 9.17) is 9.47 Å². The Hall–Kier alpha value is -1.66. The molecule has 116 valence electrons. The SMILES string of the molecule is CCOC(=O)c1[nH]c(C)c(C(=O)CN2CCOCC2)c1C. The van der Waals surface area contributed by atoms with E-state index < -0.39 is 5.97 Å². The standard InChI is InChI=1S/C15H22N2O4/c1-4-21-15(19)14-10(2)13(11(3)16-14)12(18)9-17-5-7-20-8-6-17/h16H,4-9H2,1-3H3. The largest absolute Gasteiger partial charge is 0.461 e. The first-order valence-electron chi connectivity index (χ1n) is 7.24. The summed E-state index contributed by atoms with van der Waals surface area (Å²) in [6.45, 7) is 8.85. The van der Waals surface area contributed by atoms with Crippen LogP contribution < -0.4 is 0 Å². The molecule has 2 heterocycles. The molecule has 21 heavy (non-hydrogen) atoms. The lowest BCUT2D eigenvalue weighted by Crippen LogP contribution is -2.39. The molecule has 1 aromatic heterocycles. The molecule has 0 aliphatic carbocycles. The predicted octanol–water partition coefficient (Wildman–Crippen LogP) is 1.32. The number of hydrogen-bond donors (Lipinski definition) is 1. The van der Waals surface area contributed by atoms with E-state index in [2.05, 4.69) is 9.88 Å². The van der Waals surface area contributed by atoms with Gasteiger partial charge < -0.3 is 14.5 Å². The quantitative estimate of drug-likeness (QED) is 0.655. The van der Waals surface area contributed by atoms with Gasteiger partial charge in [-0.1, -0.05) is 0 Å². The fraction of sp³-hybridized carbons (Fsp3) is 0.600. The van der Waals surface area contributed by atoms with Crippen LogP contribution in [-0.4, -0.2) is 61.1 Å². The zero-order valence-electron chi connectivity index (χ0n) is 12.8. The summed E-state index contributed by atoms with van der Waals surface area (Å²) in [4.78, 5) is 29.4. The molecule has 0 aromatic carbocycles. The van der Waals surface area contributed by atoms with E-state index >= 15 is 0 Å². The zero-order chi connectivity index (χ0) is 15.4. The molecule has 0 unspecified atom stereocenters. The second kappa shape index (κ2) is 6.87. The Morgan fingerprint density at radius 3 is 2.57 bits per heavy atom. The Labute approximate surface area is 124 Å². The van der Waals surface area contributed by atoms with Gasteiger partial charge in [-0.05, 0) is 26.3 Å². The van der Waals surface area contributed by atoms with Crippen LogP contribution in [0, 0.1) is 13.8 Å². The van der Waals surface area contributed by atoms with E-state index in [0.717, 1.165) is 13.1 Å². The molecule has 1 aromatic rings. The predicted molar refractivity (Wildman–Crippen MR) is 77.8 cm³/mol.